The standard InChI is InChI=1S/C19H24N2O2S/c1-3-21(14-18(22)20-13-17-10-7-11-24-17)19(23)12-15(2)16-8-5-4-6-9-16/h4-11,15H,3,12-14H2,1-2H3,(H,20,22). The summed E-state index contributed by atoms with van der Waals surface area (Å²) in [6.07, 6.45) is 0.413. The van der Waals surface area contributed by atoms with Gasteiger partial charge in [-0.05, 0) is 29.9 Å². The van der Waals surface area contributed by atoms with E-state index in [1.807, 2.05) is 61.7 Å². The van der Waals surface area contributed by atoms with Crippen molar-refractivity contribution in [3.8, 4) is 0 Å². The van der Waals surface area contributed by atoms with Gasteiger partial charge in [0.15, 0.2) is 0 Å². The van der Waals surface area contributed by atoms with E-state index in [1.54, 1.807) is 16.2 Å². The average Bonchev–Trinajstić information content (AvgIpc) is 3.12. The summed E-state index contributed by atoms with van der Waals surface area (Å²) < 4.78 is 0. The summed E-state index contributed by atoms with van der Waals surface area (Å²) in [5, 5.41) is 4.85. The van der Waals surface area contributed by atoms with Crippen molar-refractivity contribution in [2.24, 2.45) is 0 Å². The third kappa shape index (κ3) is 5.49. The molecule has 0 aliphatic rings. The lowest BCUT2D eigenvalue weighted by atomic mass is 9.97. The molecule has 5 heteroatoms. The van der Waals surface area contributed by atoms with Crippen molar-refractivity contribution in [2.75, 3.05) is 13.1 Å². The molecule has 1 aromatic heterocycles. The molecule has 1 unspecified atom stereocenters. The van der Waals surface area contributed by atoms with E-state index in [1.165, 1.54) is 0 Å². The molecular weight excluding hydrogens is 320 g/mol. The summed E-state index contributed by atoms with van der Waals surface area (Å²) in [6, 6.07) is 13.9. The van der Waals surface area contributed by atoms with Crippen LogP contribution in [0.1, 0.15) is 36.6 Å². The van der Waals surface area contributed by atoms with Crippen LogP contribution < -0.4 is 5.32 Å². The Morgan fingerprint density at radius 1 is 1.17 bits per heavy atom. The minimum Gasteiger partial charge on any atom is -0.350 e. The molecule has 0 aliphatic carbocycles. The summed E-state index contributed by atoms with van der Waals surface area (Å²) in [4.78, 5) is 27.3. The van der Waals surface area contributed by atoms with E-state index in [2.05, 4.69) is 5.32 Å². The van der Waals surface area contributed by atoms with E-state index < -0.39 is 0 Å². The van der Waals surface area contributed by atoms with Gasteiger partial charge in [0, 0.05) is 17.8 Å². The topological polar surface area (TPSA) is 49.4 Å². The summed E-state index contributed by atoms with van der Waals surface area (Å²) in [7, 11) is 0. The molecule has 0 saturated carbocycles. The fourth-order valence-corrected chi connectivity index (χ4v) is 3.14. The molecule has 1 aromatic carbocycles. The molecule has 0 aliphatic heterocycles. The molecule has 2 aromatic rings. The number of rotatable bonds is 8. The number of hydrogen-bond donors (Lipinski definition) is 1. The van der Waals surface area contributed by atoms with E-state index in [4.69, 9.17) is 0 Å². The molecule has 0 bridgehead atoms. The molecular formula is C19H24N2O2S. The lowest BCUT2D eigenvalue weighted by molar-refractivity contribution is -0.136. The summed E-state index contributed by atoms with van der Waals surface area (Å²) in [6.45, 7) is 5.10. The zero-order chi connectivity index (χ0) is 17.4. The predicted octanol–water partition coefficient (Wildman–Crippen LogP) is 3.41. The fraction of sp³-hybridized carbons (Fsp3) is 0.368. The molecule has 128 valence electrons. The summed E-state index contributed by atoms with van der Waals surface area (Å²) in [5.74, 6) is 0.0352. The monoisotopic (exact) mass is 344 g/mol. The van der Waals surface area contributed by atoms with E-state index >= 15 is 0 Å². The van der Waals surface area contributed by atoms with Crippen molar-refractivity contribution in [2.45, 2.75) is 32.7 Å². The summed E-state index contributed by atoms with van der Waals surface area (Å²) >= 11 is 1.61. The van der Waals surface area contributed by atoms with Gasteiger partial charge >= 0.3 is 0 Å². The summed E-state index contributed by atoms with van der Waals surface area (Å²) in [5.41, 5.74) is 1.14. The first-order chi connectivity index (χ1) is 11.6. The van der Waals surface area contributed by atoms with Crippen molar-refractivity contribution in [1.29, 1.82) is 0 Å². The lowest BCUT2D eigenvalue weighted by Gasteiger charge is -2.22. The van der Waals surface area contributed by atoms with Crippen molar-refractivity contribution in [3.05, 3.63) is 58.3 Å². The van der Waals surface area contributed by atoms with E-state index in [-0.39, 0.29) is 24.3 Å². The van der Waals surface area contributed by atoms with Crippen LogP contribution in [0.3, 0.4) is 0 Å². The first kappa shape index (κ1) is 18.2. The quantitative estimate of drug-likeness (QED) is 0.798. The Morgan fingerprint density at radius 3 is 2.54 bits per heavy atom. The van der Waals surface area contributed by atoms with Crippen LogP contribution in [0.5, 0.6) is 0 Å². The SMILES string of the molecule is CCN(CC(=O)NCc1cccs1)C(=O)CC(C)c1ccccc1. The Morgan fingerprint density at radius 2 is 1.92 bits per heavy atom. The highest BCUT2D eigenvalue weighted by Gasteiger charge is 2.18. The van der Waals surface area contributed by atoms with Crippen LogP contribution >= 0.6 is 11.3 Å². The van der Waals surface area contributed by atoms with Crippen LogP contribution in [-0.2, 0) is 16.1 Å². The van der Waals surface area contributed by atoms with Crippen LogP contribution in [-0.4, -0.2) is 29.8 Å². The van der Waals surface area contributed by atoms with Crippen LogP contribution in [0.4, 0.5) is 0 Å². The number of carbonyl (C=O) groups excluding carboxylic acids is 2. The van der Waals surface area contributed by atoms with Gasteiger partial charge in [-0.1, -0.05) is 43.3 Å². The van der Waals surface area contributed by atoms with Crippen LogP contribution in [0, 0.1) is 0 Å². The maximum atomic E-state index is 12.5. The van der Waals surface area contributed by atoms with Gasteiger partial charge in [0.2, 0.25) is 11.8 Å². The molecule has 1 atom stereocenters. The normalized spacial score (nSPS) is 11.8. The van der Waals surface area contributed by atoms with Crippen LogP contribution in [0.15, 0.2) is 47.8 Å². The molecule has 2 rings (SSSR count). The van der Waals surface area contributed by atoms with Gasteiger partial charge in [-0.3, -0.25) is 9.59 Å². The number of nitrogens with zero attached hydrogens (tertiary/aromatic N) is 1. The van der Waals surface area contributed by atoms with Crippen LogP contribution in [0.2, 0.25) is 0 Å². The molecule has 0 spiro atoms. The first-order valence-electron chi connectivity index (χ1n) is 8.22. The van der Waals surface area contributed by atoms with E-state index in [9.17, 15) is 9.59 Å². The highest BCUT2D eigenvalue weighted by atomic mass is 32.1. The van der Waals surface area contributed by atoms with Crippen molar-refractivity contribution >= 4 is 23.2 Å². The third-order valence-corrected chi connectivity index (χ3v) is 4.83. The average molecular weight is 344 g/mol. The Hall–Kier alpha value is -2.14. The molecule has 24 heavy (non-hydrogen) atoms. The highest BCUT2D eigenvalue weighted by Crippen LogP contribution is 2.19. The molecule has 0 saturated heterocycles. The molecule has 4 nitrogen and oxygen atoms in total. The predicted molar refractivity (Wildman–Crippen MR) is 97.9 cm³/mol. The second-order valence-corrected chi connectivity index (χ2v) is 6.81. The van der Waals surface area contributed by atoms with Gasteiger partial charge in [-0.25, -0.2) is 0 Å². The number of nitrogens with one attached hydrogen (secondary N) is 1. The minimum atomic E-state index is -0.119. The zero-order valence-electron chi connectivity index (χ0n) is 14.2. The van der Waals surface area contributed by atoms with E-state index in [0.717, 1.165) is 10.4 Å². The maximum absolute atomic E-state index is 12.5. The zero-order valence-corrected chi connectivity index (χ0v) is 15.0. The number of amides is 2. The van der Waals surface area contributed by atoms with Gasteiger partial charge in [0.05, 0.1) is 13.1 Å². The number of benzene rings is 1. The van der Waals surface area contributed by atoms with Crippen molar-refractivity contribution in [3.63, 3.8) is 0 Å². The van der Waals surface area contributed by atoms with Crippen molar-refractivity contribution in [1.82, 2.24) is 10.2 Å². The minimum absolute atomic E-state index is 0.0140. The highest BCUT2D eigenvalue weighted by molar-refractivity contribution is 7.09. The number of hydrogen-bond acceptors (Lipinski definition) is 3. The maximum Gasteiger partial charge on any atom is 0.239 e. The molecule has 0 radical (unpaired) electrons. The van der Waals surface area contributed by atoms with Gasteiger partial charge < -0.3 is 10.2 Å². The van der Waals surface area contributed by atoms with Crippen LogP contribution in [0.25, 0.3) is 0 Å². The number of likely N-dealkylation sites (N-methyl/N-ethyl adjacent to an activating group) is 1. The van der Waals surface area contributed by atoms with E-state index in [0.29, 0.717) is 19.5 Å². The lowest BCUT2D eigenvalue weighted by Crippen LogP contribution is -2.40. The Bertz CT molecular complexity index is 641. The fourth-order valence-electron chi connectivity index (χ4n) is 2.49. The second-order valence-electron chi connectivity index (χ2n) is 5.78. The van der Waals surface area contributed by atoms with Gasteiger partial charge in [0.1, 0.15) is 0 Å². The number of thiophene rings is 1. The molecule has 1 heterocycles. The first-order valence-corrected chi connectivity index (χ1v) is 9.10. The largest absolute Gasteiger partial charge is 0.350 e. The number of carbonyl (C=O) groups is 2. The van der Waals surface area contributed by atoms with Gasteiger partial charge in [-0.15, -0.1) is 11.3 Å². The smallest absolute Gasteiger partial charge is 0.239 e. The third-order valence-electron chi connectivity index (χ3n) is 3.96. The Labute approximate surface area is 147 Å². The molecule has 0 fully saturated rings. The Kier molecular flexibility index (Phi) is 7.00. The second kappa shape index (κ2) is 9.23. The molecule has 1 N–H and O–H groups in total. The Balaban J connectivity index is 1.83. The molecule has 2 amide bonds. The van der Waals surface area contributed by atoms with Crippen molar-refractivity contribution < 1.29 is 9.59 Å². The van der Waals surface area contributed by atoms with Gasteiger partial charge in [0.25, 0.3) is 0 Å². The van der Waals surface area contributed by atoms with Gasteiger partial charge in [-0.2, -0.15) is 0 Å².